The Hall–Kier alpha value is -3.71. The maximum atomic E-state index is 14.2. The van der Waals surface area contributed by atoms with E-state index >= 15 is 0 Å². The zero-order valence-corrected chi connectivity index (χ0v) is 23.1. The van der Waals surface area contributed by atoms with Crippen LogP contribution in [0.5, 0.6) is 0 Å². The number of amides is 1. The number of hydrogen-bond acceptors (Lipinski definition) is 3. The average molecular weight is 543 g/mol. The molecule has 4 aromatic rings. The second-order valence-corrected chi connectivity index (χ2v) is 11.7. The van der Waals surface area contributed by atoms with Crippen molar-refractivity contribution in [1.29, 1.82) is 0 Å². The van der Waals surface area contributed by atoms with Gasteiger partial charge in [-0.25, -0.2) is 8.78 Å². The lowest BCUT2D eigenvalue weighted by atomic mass is 9.98. The van der Waals surface area contributed by atoms with Gasteiger partial charge in [0.2, 0.25) is 0 Å². The molecule has 40 heavy (non-hydrogen) atoms. The molecule has 1 saturated heterocycles. The third kappa shape index (κ3) is 5.61. The van der Waals surface area contributed by atoms with Crippen LogP contribution in [0.15, 0.2) is 66.7 Å². The van der Waals surface area contributed by atoms with Gasteiger partial charge in [0.25, 0.3) is 5.91 Å². The number of carbonyl (C=O) groups excluding carboxylic acids is 1. The first kappa shape index (κ1) is 26.5. The number of H-pyrrole nitrogens is 1. The molecule has 0 saturated carbocycles. The maximum absolute atomic E-state index is 14.2. The topological polar surface area (TPSA) is 51.4 Å². The molecule has 0 spiro atoms. The second-order valence-electron chi connectivity index (χ2n) is 11.7. The summed E-state index contributed by atoms with van der Waals surface area (Å²) in [4.78, 5) is 21.4. The minimum atomic E-state index is -1.34. The van der Waals surface area contributed by atoms with Gasteiger partial charge in [0, 0.05) is 73.0 Å². The van der Waals surface area contributed by atoms with E-state index < -0.39 is 5.67 Å². The number of piperidine rings is 1. The fourth-order valence-corrected chi connectivity index (χ4v) is 6.01. The summed E-state index contributed by atoms with van der Waals surface area (Å²) in [5.41, 5.74) is 5.77. The maximum Gasteiger partial charge on any atom is 0.251 e. The van der Waals surface area contributed by atoms with Crippen LogP contribution >= 0.6 is 0 Å². The molecule has 0 radical (unpaired) electrons. The normalized spacial score (nSPS) is 16.8. The summed E-state index contributed by atoms with van der Waals surface area (Å²) in [5.74, 6) is -0.270. The van der Waals surface area contributed by atoms with Gasteiger partial charge in [0.1, 0.15) is 11.5 Å². The summed E-state index contributed by atoms with van der Waals surface area (Å²) in [6.45, 7) is 7.36. The number of anilines is 1. The Morgan fingerprint density at radius 1 is 1.00 bits per heavy atom. The molecule has 3 heterocycles. The molecule has 1 aromatic heterocycles. The van der Waals surface area contributed by atoms with Gasteiger partial charge in [0.05, 0.1) is 0 Å². The predicted octanol–water partition coefficient (Wildman–Crippen LogP) is 6.47. The minimum absolute atomic E-state index is 0.0411. The van der Waals surface area contributed by atoms with E-state index in [0.29, 0.717) is 11.1 Å². The lowest BCUT2D eigenvalue weighted by Crippen LogP contribution is -2.44. The third-order valence-electron chi connectivity index (χ3n) is 8.38. The number of aromatic nitrogens is 1. The van der Waals surface area contributed by atoms with E-state index in [2.05, 4.69) is 20.1 Å². The second kappa shape index (κ2) is 10.7. The Morgan fingerprint density at radius 2 is 1.73 bits per heavy atom. The van der Waals surface area contributed by atoms with Gasteiger partial charge in [-0.1, -0.05) is 24.3 Å². The van der Waals surface area contributed by atoms with Crippen molar-refractivity contribution in [2.24, 2.45) is 0 Å². The van der Waals surface area contributed by atoms with Crippen molar-refractivity contribution in [1.82, 2.24) is 15.2 Å². The molecule has 0 atom stereocenters. The number of halogens is 2. The van der Waals surface area contributed by atoms with Crippen LogP contribution in [0.25, 0.3) is 10.9 Å². The minimum Gasteiger partial charge on any atom is -0.371 e. The standard InChI is InChI=1S/C33H36F2N4O/c1-33(2,35)24-6-3-22(4-7-24)20-38-16-15-31-29(21-38)28-19-23(5-12-30(28)37-31)32(40)36-26-13-17-39(18-14-26)27-10-8-25(34)9-11-27/h3-12,19,26,37H,13-18,20-21H2,1-2H3,(H,36,40). The van der Waals surface area contributed by atoms with Crippen molar-refractivity contribution >= 4 is 22.5 Å². The highest BCUT2D eigenvalue weighted by atomic mass is 19.1. The number of nitrogens with one attached hydrogen (secondary N) is 2. The number of benzene rings is 3. The summed E-state index contributed by atoms with van der Waals surface area (Å²) in [5, 5.41) is 4.34. The smallest absolute Gasteiger partial charge is 0.251 e. The van der Waals surface area contributed by atoms with Gasteiger partial charge in [-0.2, -0.15) is 0 Å². The van der Waals surface area contributed by atoms with Gasteiger partial charge in [-0.15, -0.1) is 0 Å². The Kier molecular flexibility index (Phi) is 7.09. The van der Waals surface area contributed by atoms with Gasteiger partial charge in [-0.3, -0.25) is 9.69 Å². The number of fused-ring (bicyclic) bond motifs is 3. The van der Waals surface area contributed by atoms with Crippen LogP contribution in [0.3, 0.4) is 0 Å². The highest BCUT2D eigenvalue weighted by Gasteiger charge is 2.24. The molecule has 6 rings (SSSR count). The number of carbonyl (C=O) groups is 1. The van der Waals surface area contributed by atoms with E-state index in [0.717, 1.165) is 68.6 Å². The number of nitrogens with zero attached hydrogens (tertiary/aromatic N) is 2. The molecular formula is C33H36F2N4O. The average Bonchev–Trinajstić information content (AvgIpc) is 3.31. The molecule has 1 fully saturated rings. The summed E-state index contributed by atoms with van der Waals surface area (Å²) in [6, 6.07) is 20.5. The Morgan fingerprint density at radius 3 is 2.42 bits per heavy atom. The predicted molar refractivity (Wildman–Crippen MR) is 156 cm³/mol. The monoisotopic (exact) mass is 542 g/mol. The molecule has 5 nitrogen and oxygen atoms in total. The fraction of sp³-hybridized carbons (Fsp3) is 0.364. The molecule has 2 aliphatic heterocycles. The van der Waals surface area contributed by atoms with Crippen LogP contribution in [-0.2, 0) is 25.2 Å². The number of rotatable bonds is 6. The lowest BCUT2D eigenvalue weighted by molar-refractivity contribution is 0.0931. The van der Waals surface area contributed by atoms with Crippen molar-refractivity contribution < 1.29 is 13.6 Å². The Bertz CT molecular complexity index is 1500. The molecule has 3 aromatic carbocycles. The van der Waals surface area contributed by atoms with Crippen LogP contribution in [-0.4, -0.2) is 41.5 Å². The molecule has 7 heteroatoms. The molecule has 2 aliphatic rings. The van der Waals surface area contributed by atoms with Crippen LogP contribution in [0.4, 0.5) is 14.5 Å². The third-order valence-corrected chi connectivity index (χ3v) is 8.38. The van der Waals surface area contributed by atoms with Crippen LogP contribution < -0.4 is 10.2 Å². The molecule has 1 amide bonds. The van der Waals surface area contributed by atoms with Crippen LogP contribution in [0.1, 0.15) is 59.4 Å². The Labute approximate surface area is 234 Å². The van der Waals surface area contributed by atoms with E-state index in [4.69, 9.17) is 0 Å². The van der Waals surface area contributed by atoms with Crippen molar-refractivity contribution in [3.05, 3.63) is 100 Å². The van der Waals surface area contributed by atoms with Gasteiger partial charge in [-0.05, 0) is 85.8 Å². The van der Waals surface area contributed by atoms with E-state index in [9.17, 15) is 13.6 Å². The highest BCUT2D eigenvalue weighted by molar-refractivity contribution is 5.99. The summed E-state index contributed by atoms with van der Waals surface area (Å²) in [6.07, 6.45) is 2.63. The molecule has 208 valence electrons. The Balaban J connectivity index is 1.10. The number of hydrogen-bond donors (Lipinski definition) is 2. The first-order valence-electron chi connectivity index (χ1n) is 14.2. The van der Waals surface area contributed by atoms with Crippen LogP contribution in [0, 0.1) is 5.82 Å². The van der Waals surface area contributed by atoms with E-state index in [-0.39, 0.29) is 17.8 Å². The number of alkyl halides is 1. The van der Waals surface area contributed by atoms with Crippen LogP contribution in [0.2, 0.25) is 0 Å². The molecule has 0 unspecified atom stereocenters. The summed E-state index contributed by atoms with van der Waals surface area (Å²) >= 11 is 0. The zero-order valence-electron chi connectivity index (χ0n) is 23.1. The van der Waals surface area contributed by atoms with E-state index in [1.165, 1.54) is 29.0 Å². The molecule has 0 bridgehead atoms. The first-order valence-corrected chi connectivity index (χ1v) is 14.2. The quantitative estimate of drug-likeness (QED) is 0.294. The van der Waals surface area contributed by atoms with Crippen molar-refractivity contribution in [3.8, 4) is 0 Å². The summed E-state index contributed by atoms with van der Waals surface area (Å²) in [7, 11) is 0. The van der Waals surface area contributed by atoms with Gasteiger partial charge < -0.3 is 15.2 Å². The first-order chi connectivity index (χ1) is 19.2. The van der Waals surface area contributed by atoms with Crippen molar-refractivity contribution in [3.63, 3.8) is 0 Å². The van der Waals surface area contributed by atoms with Gasteiger partial charge in [0.15, 0.2) is 0 Å². The van der Waals surface area contributed by atoms with Crippen molar-refractivity contribution in [2.75, 3.05) is 24.5 Å². The number of aromatic amines is 1. The fourth-order valence-electron chi connectivity index (χ4n) is 6.01. The zero-order chi connectivity index (χ0) is 27.9. The summed E-state index contributed by atoms with van der Waals surface area (Å²) < 4.78 is 27.5. The molecule has 0 aliphatic carbocycles. The SMILES string of the molecule is CC(C)(F)c1ccc(CN2CCc3[nH]c4ccc(C(=O)NC5CCN(c6ccc(F)cc6)CC5)cc4c3C2)cc1. The van der Waals surface area contributed by atoms with E-state index in [1.807, 2.05) is 54.6 Å². The highest BCUT2D eigenvalue weighted by Crippen LogP contribution is 2.30. The molecule has 2 N–H and O–H groups in total. The molecular weight excluding hydrogens is 506 g/mol. The van der Waals surface area contributed by atoms with Gasteiger partial charge >= 0.3 is 0 Å². The lowest BCUT2D eigenvalue weighted by Gasteiger charge is -2.34. The largest absolute Gasteiger partial charge is 0.371 e. The van der Waals surface area contributed by atoms with E-state index in [1.54, 1.807) is 13.8 Å². The van der Waals surface area contributed by atoms with Crippen molar-refractivity contribution in [2.45, 2.75) is 57.9 Å².